The van der Waals surface area contributed by atoms with E-state index in [-0.39, 0.29) is 11.9 Å². The lowest BCUT2D eigenvalue weighted by Gasteiger charge is -2.36. The van der Waals surface area contributed by atoms with E-state index in [1.807, 2.05) is 0 Å². The minimum absolute atomic E-state index is 0.119. The van der Waals surface area contributed by atoms with E-state index >= 15 is 0 Å². The summed E-state index contributed by atoms with van der Waals surface area (Å²) in [6.45, 7) is 4.90. The van der Waals surface area contributed by atoms with Gasteiger partial charge in [-0.3, -0.25) is 4.79 Å². The molecule has 184 valence electrons. The summed E-state index contributed by atoms with van der Waals surface area (Å²) >= 11 is 0. The SMILES string of the molecule is CC1CCCC(NC(=O)[C@@H](CC2CCCCC2)NC(=O)N[C@@H](CCCCN)C(=O)O)C1C. The van der Waals surface area contributed by atoms with Gasteiger partial charge >= 0.3 is 12.0 Å². The molecule has 6 N–H and O–H groups in total. The van der Waals surface area contributed by atoms with Crippen LogP contribution in [0.5, 0.6) is 0 Å². The highest BCUT2D eigenvalue weighted by Gasteiger charge is 2.32. The quantitative estimate of drug-likeness (QED) is 0.307. The standard InChI is InChI=1S/C24H44N4O4/c1-16-9-8-13-19(17(16)2)26-22(29)21(15-18-10-4-3-5-11-18)28-24(32)27-20(23(30)31)12-6-7-14-25/h16-21H,3-15,25H2,1-2H3,(H,26,29)(H,30,31)(H2,27,28,32)/t16?,17?,19?,20-,21+/m0/s1. The minimum Gasteiger partial charge on any atom is -0.480 e. The second-order valence-electron chi connectivity index (χ2n) is 9.97. The molecule has 0 radical (unpaired) electrons. The molecule has 0 saturated heterocycles. The van der Waals surface area contributed by atoms with Crippen LogP contribution < -0.4 is 21.7 Å². The van der Waals surface area contributed by atoms with Crippen LogP contribution in [0.15, 0.2) is 0 Å². The molecule has 5 atom stereocenters. The van der Waals surface area contributed by atoms with Crippen LogP contribution in [0.1, 0.15) is 90.9 Å². The largest absolute Gasteiger partial charge is 0.480 e. The van der Waals surface area contributed by atoms with E-state index in [1.165, 1.54) is 12.8 Å². The predicted molar refractivity (Wildman–Crippen MR) is 125 cm³/mol. The maximum Gasteiger partial charge on any atom is 0.326 e. The van der Waals surface area contributed by atoms with E-state index < -0.39 is 24.1 Å². The number of rotatable bonds is 11. The molecule has 2 aliphatic carbocycles. The average molecular weight is 453 g/mol. The second-order valence-corrected chi connectivity index (χ2v) is 9.97. The molecule has 0 aromatic carbocycles. The Hall–Kier alpha value is -1.83. The van der Waals surface area contributed by atoms with Crippen molar-refractivity contribution in [1.82, 2.24) is 16.0 Å². The van der Waals surface area contributed by atoms with Crippen molar-refractivity contribution in [3.63, 3.8) is 0 Å². The normalized spacial score (nSPS) is 26.0. The van der Waals surface area contributed by atoms with Gasteiger partial charge < -0.3 is 26.8 Å². The molecule has 0 aliphatic heterocycles. The van der Waals surface area contributed by atoms with Crippen LogP contribution in [-0.4, -0.2) is 47.7 Å². The van der Waals surface area contributed by atoms with Crippen LogP contribution >= 0.6 is 0 Å². The number of carboxylic acids is 1. The number of carboxylic acid groups (broad SMARTS) is 1. The highest BCUT2D eigenvalue weighted by molar-refractivity contribution is 5.89. The average Bonchev–Trinajstić information content (AvgIpc) is 2.76. The summed E-state index contributed by atoms with van der Waals surface area (Å²) < 4.78 is 0. The van der Waals surface area contributed by atoms with Crippen molar-refractivity contribution in [3.8, 4) is 0 Å². The first-order valence-corrected chi connectivity index (χ1v) is 12.6. The van der Waals surface area contributed by atoms with Gasteiger partial charge in [0.25, 0.3) is 0 Å². The zero-order chi connectivity index (χ0) is 23.5. The van der Waals surface area contributed by atoms with Crippen LogP contribution in [0.25, 0.3) is 0 Å². The first-order valence-electron chi connectivity index (χ1n) is 12.6. The molecule has 0 bridgehead atoms. The van der Waals surface area contributed by atoms with Crippen molar-refractivity contribution in [3.05, 3.63) is 0 Å². The van der Waals surface area contributed by atoms with Crippen LogP contribution in [0.3, 0.4) is 0 Å². The number of nitrogens with one attached hydrogen (secondary N) is 3. The number of aliphatic carboxylic acids is 1. The Balaban J connectivity index is 2.00. The topological polar surface area (TPSA) is 134 Å². The number of urea groups is 1. The van der Waals surface area contributed by atoms with Gasteiger partial charge in [-0.15, -0.1) is 0 Å². The fourth-order valence-corrected chi connectivity index (χ4v) is 5.17. The minimum atomic E-state index is -1.07. The van der Waals surface area contributed by atoms with E-state index in [0.717, 1.165) is 38.5 Å². The van der Waals surface area contributed by atoms with Gasteiger partial charge in [-0.2, -0.15) is 0 Å². The van der Waals surface area contributed by atoms with E-state index in [2.05, 4.69) is 29.8 Å². The summed E-state index contributed by atoms with van der Waals surface area (Å²) in [6, 6.07) is -2.11. The molecule has 2 fully saturated rings. The molecule has 3 amide bonds. The van der Waals surface area contributed by atoms with Gasteiger partial charge in [0.1, 0.15) is 12.1 Å². The van der Waals surface area contributed by atoms with E-state index in [4.69, 9.17) is 5.73 Å². The number of amides is 3. The maximum absolute atomic E-state index is 13.2. The summed E-state index contributed by atoms with van der Waals surface area (Å²) in [7, 11) is 0. The molecule has 2 rings (SSSR count). The van der Waals surface area contributed by atoms with Gasteiger partial charge in [0, 0.05) is 6.04 Å². The molecular weight excluding hydrogens is 408 g/mol. The maximum atomic E-state index is 13.2. The second kappa shape index (κ2) is 13.7. The summed E-state index contributed by atoms with van der Waals surface area (Å²) in [4.78, 5) is 37.4. The number of nitrogens with two attached hydrogens (primary N) is 1. The molecule has 3 unspecified atom stereocenters. The molecule has 8 nitrogen and oxygen atoms in total. The molecule has 32 heavy (non-hydrogen) atoms. The number of hydrogen-bond acceptors (Lipinski definition) is 4. The van der Waals surface area contributed by atoms with Gasteiger partial charge in [0.2, 0.25) is 5.91 Å². The molecule has 0 aromatic heterocycles. The third-order valence-electron chi connectivity index (χ3n) is 7.50. The lowest BCUT2D eigenvalue weighted by Crippen LogP contribution is -2.56. The van der Waals surface area contributed by atoms with Gasteiger partial charge in [0.05, 0.1) is 0 Å². The lowest BCUT2D eigenvalue weighted by atomic mass is 9.78. The van der Waals surface area contributed by atoms with Crippen molar-refractivity contribution in [1.29, 1.82) is 0 Å². The first kappa shape index (κ1) is 26.4. The molecule has 0 spiro atoms. The third kappa shape index (κ3) is 8.60. The number of carbonyl (C=O) groups is 3. The summed E-state index contributed by atoms with van der Waals surface area (Å²) in [6.07, 6.45) is 11.2. The molecule has 2 saturated carbocycles. The summed E-state index contributed by atoms with van der Waals surface area (Å²) in [5.74, 6) is 0.146. The van der Waals surface area contributed by atoms with Crippen LogP contribution in [0.2, 0.25) is 0 Å². The van der Waals surface area contributed by atoms with Crippen molar-refractivity contribution in [2.45, 2.75) is 109 Å². The molecular formula is C24H44N4O4. The highest BCUT2D eigenvalue weighted by atomic mass is 16.4. The number of carbonyl (C=O) groups excluding carboxylic acids is 2. The van der Waals surface area contributed by atoms with Crippen LogP contribution in [0.4, 0.5) is 4.79 Å². The van der Waals surface area contributed by atoms with Gasteiger partial charge in [-0.25, -0.2) is 9.59 Å². The smallest absolute Gasteiger partial charge is 0.326 e. The Kier molecular flexibility index (Phi) is 11.3. The van der Waals surface area contributed by atoms with Crippen molar-refractivity contribution >= 4 is 17.9 Å². The number of hydrogen-bond donors (Lipinski definition) is 5. The van der Waals surface area contributed by atoms with Crippen LogP contribution in [-0.2, 0) is 9.59 Å². The van der Waals surface area contributed by atoms with Gasteiger partial charge in [0.15, 0.2) is 0 Å². The molecule has 0 aromatic rings. The summed E-state index contributed by atoms with van der Waals surface area (Å²) in [5.41, 5.74) is 5.48. The monoisotopic (exact) mass is 452 g/mol. The Morgan fingerprint density at radius 1 is 0.938 bits per heavy atom. The zero-order valence-corrected chi connectivity index (χ0v) is 19.9. The Morgan fingerprint density at radius 3 is 2.28 bits per heavy atom. The van der Waals surface area contributed by atoms with E-state index in [0.29, 0.717) is 50.0 Å². The van der Waals surface area contributed by atoms with Crippen molar-refractivity contribution in [2.24, 2.45) is 23.5 Å². The van der Waals surface area contributed by atoms with E-state index in [9.17, 15) is 19.5 Å². The van der Waals surface area contributed by atoms with Crippen molar-refractivity contribution < 1.29 is 19.5 Å². The first-order chi connectivity index (χ1) is 15.3. The Morgan fingerprint density at radius 2 is 1.62 bits per heavy atom. The molecule has 0 heterocycles. The van der Waals surface area contributed by atoms with Gasteiger partial charge in [-0.1, -0.05) is 58.8 Å². The predicted octanol–water partition coefficient (Wildman–Crippen LogP) is 3.15. The zero-order valence-electron chi connectivity index (χ0n) is 19.9. The fourth-order valence-electron chi connectivity index (χ4n) is 5.17. The van der Waals surface area contributed by atoms with Crippen molar-refractivity contribution in [2.75, 3.05) is 6.54 Å². The lowest BCUT2D eigenvalue weighted by molar-refractivity contribution is -0.139. The Labute approximate surface area is 192 Å². The Bertz CT molecular complexity index is 609. The summed E-state index contributed by atoms with van der Waals surface area (Å²) in [5, 5.41) is 18.0. The fraction of sp³-hybridized carbons (Fsp3) is 0.875. The third-order valence-corrected chi connectivity index (χ3v) is 7.50. The van der Waals surface area contributed by atoms with E-state index in [1.54, 1.807) is 0 Å². The van der Waals surface area contributed by atoms with Gasteiger partial charge in [-0.05, 0) is 56.4 Å². The number of unbranched alkanes of at least 4 members (excludes halogenated alkanes) is 1. The molecule has 2 aliphatic rings. The molecule has 8 heteroatoms. The van der Waals surface area contributed by atoms with Crippen LogP contribution in [0, 0.1) is 17.8 Å². The highest BCUT2D eigenvalue weighted by Crippen LogP contribution is 2.30.